The van der Waals surface area contributed by atoms with E-state index in [9.17, 15) is 14.0 Å². The summed E-state index contributed by atoms with van der Waals surface area (Å²) in [5.41, 5.74) is 1.45. The number of anilines is 2. The molecular formula is C24H28FN3O3S3. The van der Waals surface area contributed by atoms with Gasteiger partial charge in [0.2, 0.25) is 0 Å². The predicted octanol–water partition coefficient (Wildman–Crippen LogP) is 6.60. The minimum atomic E-state index is -0.377. The molecule has 1 amide bonds. The van der Waals surface area contributed by atoms with Crippen LogP contribution in [-0.2, 0) is 22.5 Å². The van der Waals surface area contributed by atoms with Crippen LogP contribution >= 0.6 is 34.4 Å². The summed E-state index contributed by atoms with van der Waals surface area (Å²) in [5, 5.41) is 8.30. The van der Waals surface area contributed by atoms with Crippen molar-refractivity contribution < 1.29 is 18.7 Å². The van der Waals surface area contributed by atoms with Crippen LogP contribution in [0.4, 0.5) is 15.2 Å². The van der Waals surface area contributed by atoms with Gasteiger partial charge in [0.1, 0.15) is 5.82 Å². The normalized spacial score (nSPS) is 10.8. The summed E-state index contributed by atoms with van der Waals surface area (Å²) in [6.45, 7) is 2.72. The Kier molecular flexibility index (Phi) is 10.4. The van der Waals surface area contributed by atoms with E-state index in [4.69, 9.17) is 0 Å². The lowest BCUT2D eigenvalue weighted by Crippen LogP contribution is -2.10. The fourth-order valence-corrected chi connectivity index (χ4v) is 5.68. The van der Waals surface area contributed by atoms with Crippen LogP contribution in [0.5, 0.6) is 0 Å². The van der Waals surface area contributed by atoms with Crippen molar-refractivity contribution in [3.05, 3.63) is 57.0 Å². The van der Waals surface area contributed by atoms with E-state index in [-0.39, 0.29) is 24.1 Å². The summed E-state index contributed by atoms with van der Waals surface area (Å²) in [6, 6.07) is 8.47. The van der Waals surface area contributed by atoms with Gasteiger partial charge >= 0.3 is 5.97 Å². The van der Waals surface area contributed by atoms with Gasteiger partial charge in [-0.15, -0.1) is 34.4 Å². The van der Waals surface area contributed by atoms with Crippen LogP contribution < -0.4 is 10.6 Å². The first-order valence-electron chi connectivity index (χ1n) is 11.1. The molecule has 3 aromatic rings. The van der Waals surface area contributed by atoms with Crippen molar-refractivity contribution in [1.82, 2.24) is 4.98 Å². The first-order chi connectivity index (χ1) is 16.5. The third kappa shape index (κ3) is 8.11. The van der Waals surface area contributed by atoms with Crippen molar-refractivity contribution in [2.45, 2.75) is 50.5 Å². The minimum Gasteiger partial charge on any atom is -0.469 e. The monoisotopic (exact) mass is 521 g/mol. The highest BCUT2D eigenvalue weighted by atomic mass is 32.2. The second-order valence-electron chi connectivity index (χ2n) is 7.52. The number of carbonyl (C=O) groups excluding carboxylic acids is 2. The van der Waals surface area contributed by atoms with Crippen LogP contribution in [0.3, 0.4) is 0 Å². The number of rotatable bonds is 13. The van der Waals surface area contributed by atoms with E-state index in [0.29, 0.717) is 22.2 Å². The number of nitrogens with one attached hydrogen (secondary N) is 2. The van der Waals surface area contributed by atoms with Crippen LogP contribution in [0, 0.1) is 5.82 Å². The maximum atomic E-state index is 13.8. The van der Waals surface area contributed by atoms with Crippen LogP contribution in [-0.4, -0.2) is 29.7 Å². The number of unbranched alkanes of at least 4 members (excludes halogenated alkanes) is 3. The summed E-state index contributed by atoms with van der Waals surface area (Å²) in [5.74, 6) is 0.0891. The van der Waals surface area contributed by atoms with E-state index < -0.39 is 0 Å². The van der Waals surface area contributed by atoms with Gasteiger partial charge in [0.25, 0.3) is 5.91 Å². The van der Waals surface area contributed by atoms with Gasteiger partial charge in [0, 0.05) is 27.4 Å². The Labute approximate surface area is 211 Å². The maximum absolute atomic E-state index is 13.8. The molecule has 0 radical (unpaired) electrons. The number of ether oxygens (including phenoxy) is 1. The van der Waals surface area contributed by atoms with Gasteiger partial charge in [0.15, 0.2) is 5.13 Å². The maximum Gasteiger partial charge on any atom is 0.311 e. The van der Waals surface area contributed by atoms with E-state index in [1.807, 2.05) is 6.07 Å². The van der Waals surface area contributed by atoms with Crippen molar-refractivity contribution in [2.24, 2.45) is 0 Å². The molecule has 0 fully saturated rings. The number of methoxy groups -OCH3 is 1. The average molecular weight is 522 g/mol. The predicted molar refractivity (Wildman–Crippen MR) is 139 cm³/mol. The Morgan fingerprint density at radius 1 is 1.18 bits per heavy atom. The number of thiazole rings is 1. The molecule has 2 N–H and O–H groups in total. The largest absolute Gasteiger partial charge is 0.469 e. The molecule has 0 aliphatic rings. The lowest BCUT2D eigenvalue weighted by molar-refractivity contribution is -0.139. The molecule has 6 nitrogen and oxygen atoms in total. The van der Waals surface area contributed by atoms with Crippen molar-refractivity contribution in [2.75, 3.05) is 23.5 Å². The molecule has 1 aromatic carbocycles. The summed E-state index contributed by atoms with van der Waals surface area (Å²) >= 11 is 4.31. The zero-order valence-electron chi connectivity index (χ0n) is 19.2. The number of halogens is 1. The number of amides is 1. The molecule has 0 spiro atoms. The van der Waals surface area contributed by atoms with E-state index in [1.165, 1.54) is 55.1 Å². The molecule has 0 saturated carbocycles. The summed E-state index contributed by atoms with van der Waals surface area (Å²) in [4.78, 5) is 30.6. The van der Waals surface area contributed by atoms with E-state index >= 15 is 0 Å². The highest BCUT2D eigenvalue weighted by molar-refractivity contribution is 7.99. The summed E-state index contributed by atoms with van der Waals surface area (Å²) < 4.78 is 18.4. The summed E-state index contributed by atoms with van der Waals surface area (Å²) in [7, 11) is 1.32. The number of thiophene rings is 1. The molecule has 10 heteroatoms. The van der Waals surface area contributed by atoms with E-state index in [0.717, 1.165) is 27.6 Å². The fourth-order valence-electron chi connectivity index (χ4n) is 3.07. The topological polar surface area (TPSA) is 80.3 Å². The smallest absolute Gasteiger partial charge is 0.311 e. The van der Waals surface area contributed by atoms with Gasteiger partial charge in [-0.3, -0.25) is 14.9 Å². The SMILES string of the molecule is CCCCCCSc1cc(F)ccc1NCc1ccc(C(=O)Nc2nc(CC(=O)OC)cs2)s1. The number of nitrogens with zero attached hydrogens (tertiary/aromatic N) is 1. The molecular weight excluding hydrogens is 493 g/mol. The molecule has 0 saturated heterocycles. The van der Waals surface area contributed by atoms with Crippen LogP contribution in [0.25, 0.3) is 0 Å². The van der Waals surface area contributed by atoms with Crippen molar-refractivity contribution in [3.8, 4) is 0 Å². The zero-order chi connectivity index (χ0) is 24.3. The van der Waals surface area contributed by atoms with Gasteiger partial charge < -0.3 is 10.1 Å². The molecule has 0 atom stereocenters. The molecule has 0 aliphatic heterocycles. The molecule has 0 unspecified atom stereocenters. The number of hydrogen-bond acceptors (Lipinski definition) is 8. The third-order valence-corrected chi connectivity index (χ3v) is 7.90. The van der Waals surface area contributed by atoms with Crippen molar-refractivity contribution in [1.29, 1.82) is 0 Å². The second-order valence-corrected chi connectivity index (χ2v) is 10.7. The number of aromatic nitrogens is 1. The van der Waals surface area contributed by atoms with Gasteiger partial charge in [-0.05, 0) is 42.5 Å². The number of benzene rings is 1. The highest BCUT2D eigenvalue weighted by Gasteiger charge is 2.14. The van der Waals surface area contributed by atoms with Gasteiger partial charge in [-0.25, -0.2) is 9.37 Å². The average Bonchev–Trinajstić information content (AvgIpc) is 3.48. The quantitative estimate of drug-likeness (QED) is 0.150. The van der Waals surface area contributed by atoms with Gasteiger partial charge in [-0.1, -0.05) is 26.2 Å². The number of thioether (sulfide) groups is 1. The Morgan fingerprint density at radius 2 is 2.03 bits per heavy atom. The summed E-state index contributed by atoms with van der Waals surface area (Å²) in [6.07, 6.45) is 4.79. The standard InChI is InChI=1S/C24H28FN3O3S3/c1-3-4-5-6-11-32-21-12-16(25)7-9-19(21)26-14-18-8-10-20(34-18)23(30)28-24-27-17(15-33-24)13-22(29)31-2/h7-10,12,15,26H,3-6,11,13-14H2,1-2H3,(H,27,28,30). The Hall–Kier alpha value is -2.43. The van der Waals surface area contributed by atoms with Gasteiger partial charge in [0.05, 0.1) is 24.1 Å². The second kappa shape index (κ2) is 13.5. The highest BCUT2D eigenvalue weighted by Crippen LogP contribution is 2.30. The van der Waals surface area contributed by atoms with Crippen LogP contribution in [0.1, 0.15) is 52.8 Å². The zero-order valence-corrected chi connectivity index (χ0v) is 21.6. The molecule has 2 heterocycles. The van der Waals surface area contributed by atoms with Crippen molar-refractivity contribution >= 4 is 57.1 Å². The van der Waals surface area contributed by atoms with E-state index in [2.05, 4.69) is 27.3 Å². The Bertz CT molecular complexity index is 1100. The number of esters is 1. The molecule has 34 heavy (non-hydrogen) atoms. The number of hydrogen-bond donors (Lipinski definition) is 2. The molecule has 2 aromatic heterocycles. The van der Waals surface area contributed by atoms with Gasteiger partial charge in [-0.2, -0.15) is 0 Å². The van der Waals surface area contributed by atoms with Crippen LogP contribution in [0.15, 0.2) is 40.6 Å². The first kappa shape index (κ1) is 26.2. The Balaban J connectivity index is 1.54. The van der Waals surface area contributed by atoms with Crippen molar-refractivity contribution in [3.63, 3.8) is 0 Å². The minimum absolute atomic E-state index is 0.0695. The lowest BCUT2D eigenvalue weighted by Gasteiger charge is -2.11. The molecule has 0 bridgehead atoms. The first-order valence-corrected chi connectivity index (χ1v) is 13.7. The third-order valence-electron chi connectivity index (χ3n) is 4.86. The molecule has 182 valence electrons. The molecule has 3 rings (SSSR count). The fraction of sp³-hybridized carbons (Fsp3) is 0.375. The number of carbonyl (C=O) groups is 2. The lowest BCUT2D eigenvalue weighted by atomic mass is 10.2. The van der Waals surface area contributed by atoms with Crippen LogP contribution in [0.2, 0.25) is 0 Å². The Morgan fingerprint density at radius 3 is 2.82 bits per heavy atom. The van der Waals surface area contributed by atoms with E-state index in [1.54, 1.807) is 35.3 Å². The molecule has 0 aliphatic carbocycles.